The van der Waals surface area contributed by atoms with Crippen molar-refractivity contribution in [3.05, 3.63) is 131 Å². The van der Waals surface area contributed by atoms with E-state index in [1.807, 2.05) is 60.7 Å². The number of rotatable bonds is 12. The fraction of sp³-hybridized carbons (Fsp3) is 0.156. The van der Waals surface area contributed by atoms with Gasteiger partial charge in [0.1, 0.15) is 6.04 Å². The molecule has 8 nitrogen and oxygen atoms in total. The van der Waals surface area contributed by atoms with Crippen LogP contribution >= 0.6 is 0 Å². The molecule has 0 saturated heterocycles. The molecule has 0 fully saturated rings. The van der Waals surface area contributed by atoms with Gasteiger partial charge in [-0.3, -0.25) is 14.4 Å². The van der Waals surface area contributed by atoms with E-state index >= 15 is 0 Å². The van der Waals surface area contributed by atoms with E-state index < -0.39 is 29.9 Å². The minimum absolute atomic E-state index is 0.168. The SMILES string of the molecule is CC(OCc1ccccc1)C(NC(=O)c1ccc(-c2ccc(C(=O)O)cc2)cc1)C(=O)NOCc1ccccc1. The van der Waals surface area contributed by atoms with Crippen molar-refractivity contribution in [2.75, 3.05) is 0 Å². The van der Waals surface area contributed by atoms with Crippen LogP contribution in [-0.2, 0) is 27.6 Å². The van der Waals surface area contributed by atoms with E-state index in [9.17, 15) is 14.4 Å². The fourth-order valence-electron chi connectivity index (χ4n) is 3.97. The summed E-state index contributed by atoms with van der Waals surface area (Å²) in [7, 11) is 0. The highest BCUT2D eigenvalue weighted by atomic mass is 16.7. The molecule has 0 aromatic heterocycles. The molecule has 0 aliphatic carbocycles. The molecule has 0 bridgehead atoms. The van der Waals surface area contributed by atoms with E-state index in [-0.39, 0.29) is 18.8 Å². The van der Waals surface area contributed by atoms with Crippen LogP contribution in [0.15, 0.2) is 109 Å². The molecule has 2 atom stereocenters. The van der Waals surface area contributed by atoms with Crippen molar-refractivity contribution < 1.29 is 29.1 Å². The van der Waals surface area contributed by atoms with Crippen molar-refractivity contribution in [1.82, 2.24) is 10.8 Å². The normalized spacial score (nSPS) is 12.2. The van der Waals surface area contributed by atoms with E-state index in [0.717, 1.165) is 22.3 Å². The molecule has 0 saturated carbocycles. The summed E-state index contributed by atoms with van der Waals surface area (Å²) in [5.41, 5.74) is 6.43. The third-order valence-corrected chi connectivity index (χ3v) is 6.26. The Hall–Kier alpha value is -4.79. The third kappa shape index (κ3) is 7.86. The maximum atomic E-state index is 13.1. The standard InChI is InChI=1S/C32H30N2O6/c1-22(39-20-23-8-4-2-5-9-23)29(31(36)34-40-21-24-10-6-3-7-11-24)33-30(35)27-16-12-25(13-17-27)26-14-18-28(19-15-26)32(37)38/h2-19,22,29H,20-21H2,1H3,(H,33,35)(H,34,36)(H,37,38). The van der Waals surface area contributed by atoms with E-state index in [0.29, 0.717) is 5.56 Å². The van der Waals surface area contributed by atoms with Crippen LogP contribution in [0, 0.1) is 0 Å². The number of carboxylic acid groups (broad SMARTS) is 1. The number of carboxylic acids is 1. The predicted molar refractivity (Wildman–Crippen MR) is 150 cm³/mol. The molecule has 4 rings (SSSR count). The average Bonchev–Trinajstić information content (AvgIpc) is 2.99. The van der Waals surface area contributed by atoms with Crippen LogP contribution in [0.25, 0.3) is 11.1 Å². The second kappa shape index (κ2) is 13.8. The first-order valence-corrected chi connectivity index (χ1v) is 12.8. The van der Waals surface area contributed by atoms with Crippen LogP contribution in [0.5, 0.6) is 0 Å². The van der Waals surface area contributed by atoms with E-state index in [4.69, 9.17) is 14.7 Å². The fourth-order valence-corrected chi connectivity index (χ4v) is 3.97. The number of hydroxylamine groups is 1. The molecule has 204 valence electrons. The van der Waals surface area contributed by atoms with E-state index in [2.05, 4.69) is 10.8 Å². The Balaban J connectivity index is 1.43. The summed E-state index contributed by atoms with van der Waals surface area (Å²) in [5, 5.41) is 11.9. The first-order valence-electron chi connectivity index (χ1n) is 12.8. The quantitative estimate of drug-likeness (QED) is 0.219. The lowest BCUT2D eigenvalue weighted by Gasteiger charge is -2.24. The molecule has 0 spiro atoms. The maximum absolute atomic E-state index is 13.1. The van der Waals surface area contributed by atoms with Gasteiger partial charge < -0.3 is 15.2 Å². The number of nitrogens with one attached hydrogen (secondary N) is 2. The second-order valence-corrected chi connectivity index (χ2v) is 9.15. The maximum Gasteiger partial charge on any atom is 0.335 e. The molecule has 2 unspecified atom stereocenters. The van der Waals surface area contributed by atoms with Crippen molar-refractivity contribution in [1.29, 1.82) is 0 Å². The number of amides is 2. The monoisotopic (exact) mass is 538 g/mol. The lowest BCUT2D eigenvalue weighted by atomic mass is 10.0. The Morgan fingerprint density at radius 1 is 0.700 bits per heavy atom. The molecule has 40 heavy (non-hydrogen) atoms. The van der Waals surface area contributed by atoms with E-state index in [1.165, 1.54) is 12.1 Å². The lowest BCUT2D eigenvalue weighted by molar-refractivity contribution is -0.140. The molecule has 8 heteroatoms. The van der Waals surface area contributed by atoms with Gasteiger partial charge in [0.25, 0.3) is 11.8 Å². The molecule has 3 N–H and O–H groups in total. The zero-order valence-corrected chi connectivity index (χ0v) is 21.9. The van der Waals surface area contributed by atoms with Crippen LogP contribution in [0.3, 0.4) is 0 Å². The van der Waals surface area contributed by atoms with Gasteiger partial charge in [-0.15, -0.1) is 0 Å². The summed E-state index contributed by atoms with van der Waals surface area (Å²) in [5.74, 6) is -1.99. The summed E-state index contributed by atoms with van der Waals surface area (Å²) in [6.45, 7) is 2.15. The molecule has 0 aliphatic heterocycles. The largest absolute Gasteiger partial charge is 0.478 e. The highest BCUT2D eigenvalue weighted by Crippen LogP contribution is 2.21. The molecule has 4 aromatic rings. The molecule has 0 heterocycles. The zero-order valence-electron chi connectivity index (χ0n) is 21.9. The number of hydrogen-bond donors (Lipinski definition) is 3. The lowest BCUT2D eigenvalue weighted by Crippen LogP contribution is -2.53. The summed E-state index contributed by atoms with van der Waals surface area (Å²) >= 11 is 0. The first kappa shape index (κ1) is 28.2. The predicted octanol–water partition coefficient (Wildman–Crippen LogP) is 5.00. The van der Waals surface area contributed by atoms with Crippen LogP contribution < -0.4 is 10.8 Å². The molecular formula is C32H30N2O6. The smallest absolute Gasteiger partial charge is 0.335 e. The van der Waals surface area contributed by atoms with Crippen molar-refractivity contribution in [3.8, 4) is 11.1 Å². The van der Waals surface area contributed by atoms with Gasteiger partial charge in [0.05, 0.1) is 24.9 Å². The van der Waals surface area contributed by atoms with Crippen LogP contribution in [0.1, 0.15) is 38.8 Å². The molecule has 2 amide bonds. The summed E-state index contributed by atoms with van der Waals surface area (Å²) < 4.78 is 5.94. The van der Waals surface area contributed by atoms with Gasteiger partial charge in [0, 0.05) is 5.56 Å². The van der Waals surface area contributed by atoms with Crippen LogP contribution in [0.2, 0.25) is 0 Å². The number of hydrogen-bond acceptors (Lipinski definition) is 5. The Morgan fingerprint density at radius 2 is 1.20 bits per heavy atom. The highest BCUT2D eigenvalue weighted by Gasteiger charge is 2.28. The van der Waals surface area contributed by atoms with Gasteiger partial charge in [0.15, 0.2) is 0 Å². The zero-order chi connectivity index (χ0) is 28.3. The van der Waals surface area contributed by atoms with Gasteiger partial charge in [-0.1, -0.05) is 84.9 Å². The van der Waals surface area contributed by atoms with Crippen molar-refractivity contribution in [3.63, 3.8) is 0 Å². The first-order chi connectivity index (χ1) is 19.4. The summed E-state index contributed by atoms with van der Waals surface area (Å²) in [4.78, 5) is 42.7. The molecule has 0 aliphatic rings. The Kier molecular flexibility index (Phi) is 9.77. The Bertz CT molecular complexity index is 1410. The molecular weight excluding hydrogens is 508 g/mol. The van der Waals surface area contributed by atoms with Crippen molar-refractivity contribution in [2.45, 2.75) is 32.3 Å². The van der Waals surface area contributed by atoms with Gasteiger partial charge in [0.2, 0.25) is 0 Å². The number of carbonyl (C=O) groups excluding carboxylic acids is 2. The number of benzene rings is 4. The third-order valence-electron chi connectivity index (χ3n) is 6.26. The Morgan fingerprint density at radius 3 is 1.73 bits per heavy atom. The number of aromatic carboxylic acids is 1. The van der Waals surface area contributed by atoms with Crippen molar-refractivity contribution >= 4 is 17.8 Å². The van der Waals surface area contributed by atoms with Crippen molar-refractivity contribution in [2.24, 2.45) is 0 Å². The van der Waals surface area contributed by atoms with Gasteiger partial charge in [-0.2, -0.15) is 0 Å². The van der Waals surface area contributed by atoms with Gasteiger partial charge >= 0.3 is 5.97 Å². The molecule has 4 aromatic carbocycles. The van der Waals surface area contributed by atoms with Crippen LogP contribution in [-0.4, -0.2) is 35.0 Å². The van der Waals surface area contributed by atoms with E-state index in [1.54, 1.807) is 43.3 Å². The number of ether oxygens (including phenoxy) is 1. The topological polar surface area (TPSA) is 114 Å². The summed E-state index contributed by atoms with van der Waals surface area (Å²) in [6.07, 6.45) is -0.670. The molecule has 0 radical (unpaired) electrons. The minimum Gasteiger partial charge on any atom is -0.478 e. The second-order valence-electron chi connectivity index (χ2n) is 9.15. The van der Waals surface area contributed by atoms with Crippen LogP contribution in [0.4, 0.5) is 0 Å². The van der Waals surface area contributed by atoms with Gasteiger partial charge in [-0.05, 0) is 53.4 Å². The summed E-state index contributed by atoms with van der Waals surface area (Å²) in [6, 6.07) is 31.2. The highest BCUT2D eigenvalue weighted by molar-refractivity contribution is 5.98. The minimum atomic E-state index is -1.03. The Labute approximate surface area is 232 Å². The van der Waals surface area contributed by atoms with Gasteiger partial charge in [-0.25, -0.2) is 10.3 Å². The average molecular weight is 539 g/mol. The number of carbonyl (C=O) groups is 3.